The SMILES string of the molecule is CNC(CCC1CCCCC1)c1cc(Br)ccc1F. The van der Waals surface area contributed by atoms with Crippen LogP contribution in [0.25, 0.3) is 0 Å². The molecule has 1 N–H and O–H groups in total. The second-order valence-corrected chi connectivity index (χ2v) is 6.50. The molecule has 0 heterocycles. The maximum atomic E-state index is 13.9. The third-order valence-electron chi connectivity index (χ3n) is 4.27. The van der Waals surface area contributed by atoms with Crippen LogP contribution in [-0.2, 0) is 0 Å². The Morgan fingerprint density at radius 3 is 2.74 bits per heavy atom. The second kappa shape index (κ2) is 7.39. The maximum Gasteiger partial charge on any atom is 0.128 e. The molecule has 1 aliphatic carbocycles. The number of rotatable bonds is 5. The fraction of sp³-hybridized carbons (Fsp3) is 0.625. The van der Waals surface area contributed by atoms with Crippen LogP contribution in [0.5, 0.6) is 0 Å². The summed E-state index contributed by atoms with van der Waals surface area (Å²) in [4.78, 5) is 0. The Hall–Kier alpha value is -0.410. The minimum absolute atomic E-state index is 0.105. The quantitative estimate of drug-likeness (QED) is 0.782. The number of benzene rings is 1. The largest absolute Gasteiger partial charge is 0.313 e. The van der Waals surface area contributed by atoms with E-state index in [1.165, 1.54) is 38.5 Å². The molecule has 0 aromatic heterocycles. The van der Waals surface area contributed by atoms with Crippen molar-refractivity contribution in [1.82, 2.24) is 5.32 Å². The molecule has 19 heavy (non-hydrogen) atoms. The maximum absolute atomic E-state index is 13.9. The molecule has 1 aromatic rings. The Morgan fingerprint density at radius 1 is 1.32 bits per heavy atom. The highest BCUT2D eigenvalue weighted by molar-refractivity contribution is 9.10. The Balaban J connectivity index is 1.97. The average Bonchev–Trinajstić information content (AvgIpc) is 2.44. The molecule has 1 aromatic carbocycles. The van der Waals surface area contributed by atoms with Crippen molar-refractivity contribution in [2.75, 3.05) is 7.05 Å². The zero-order valence-electron chi connectivity index (χ0n) is 11.6. The van der Waals surface area contributed by atoms with E-state index in [0.717, 1.165) is 22.4 Å². The lowest BCUT2D eigenvalue weighted by Crippen LogP contribution is -2.19. The van der Waals surface area contributed by atoms with E-state index >= 15 is 0 Å². The van der Waals surface area contributed by atoms with E-state index < -0.39 is 0 Å². The van der Waals surface area contributed by atoms with E-state index in [-0.39, 0.29) is 11.9 Å². The first-order valence-electron chi connectivity index (χ1n) is 7.33. The zero-order valence-corrected chi connectivity index (χ0v) is 13.2. The molecule has 1 atom stereocenters. The fourth-order valence-corrected chi connectivity index (χ4v) is 3.49. The summed E-state index contributed by atoms with van der Waals surface area (Å²) >= 11 is 3.43. The van der Waals surface area contributed by atoms with Gasteiger partial charge in [-0.3, -0.25) is 0 Å². The number of halogens is 2. The Labute approximate surface area is 124 Å². The average molecular weight is 328 g/mol. The Kier molecular flexibility index (Phi) is 5.83. The number of nitrogens with one attached hydrogen (secondary N) is 1. The van der Waals surface area contributed by atoms with Gasteiger partial charge in [0, 0.05) is 16.1 Å². The van der Waals surface area contributed by atoms with Crippen molar-refractivity contribution in [3.05, 3.63) is 34.1 Å². The van der Waals surface area contributed by atoms with Crippen molar-refractivity contribution in [2.45, 2.75) is 51.0 Å². The summed E-state index contributed by atoms with van der Waals surface area (Å²) in [5.74, 6) is 0.742. The van der Waals surface area contributed by atoms with Gasteiger partial charge in [0.1, 0.15) is 5.82 Å². The van der Waals surface area contributed by atoms with Gasteiger partial charge in [0.25, 0.3) is 0 Å². The normalized spacial score (nSPS) is 18.5. The third kappa shape index (κ3) is 4.28. The van der Waals surface area contributed by atoms with E-state index in [1.807, 2.05) is 13.1 Å². The molecule has 0 bridgehead atoms. The molecule has 3 heteroatoms. The minimum Gasteiger partial charge on any atom is -0.313 e. The summed E-state index contributed by atoms with van der Waals surface area (Å²) in [6.45, 7) is 0. The lowest BCUT2D eigenvalue weighted by Gasteiger charge is -2.24. The van der Waals surface area contributed by atoms with Crippen LogP contribution in [0.2, 0.25) is 0 Å². The van der Waals surface area contributed by atoms with Crippen molar-refractivity contribution < 1.29 is 4.39 Å². The molecule has 0 spiro atoms. The first kappa shape index (κ1) is 15.0. The molecule has 0 saturated heterocycles. The van der Waals surface area contributed by atoms with Crippen molar-refractivity contribution in [3.63, 3.8) is 0 Å². The van der Waals surface area contributed by atoms with Crippen LogP contribution < -0.4 is 5.32 Å². The van der Waals surface area contributed by atoms with Crippen LogP contribution in [0.1, 0.15) is 56.6 Å². The van der Waals surface area contributed by atoms with Crippen molar-refractivity contribution in [1.29, 1.82) is 0 Å². The zero-order chi connectivity index (χ0) is 13.7. The predicted octanol–water partition coefficient (Wildman–Crippen LogP) is 5.21. The highest BCUT2D eigenvalue weighted by Crippen LogP contribution is 2.31. The lowest BCUT2D eigenvalue weighted by atomic mass is 9.84. The first-order valence-corrected chi connectivity index (χ1v) is 8.12. The van der Waals surface area contributed by atoms with Gasteiger partial charge < -0.3 is 5.32 Å². The highest BCUT2D eigenvalue weighted by atomic mass is 79.9. The van der Waals surface area contributed by atoms with Gasteiger partial charge in [0.15, 0.2) is 0 Å². The van der Waals surface area contributed by atoms with Crippen LogP contribution in [0, 0.1) is 11.7 Å². The third-order valence-corrected chi connectivity index (χ3v) is 4.76. The van der Waals surface area contributed by atoms with Gasteiger partial charge in [-0.1, -0.05) is 48.0 Å². The smallest absolute Gasteiger partial charge is 0.128 e. The van der Waals surface area contributed by atoms with E-state index in [9.17, 15) is 4.39 Å². The van der Waals surface area contributed by atoms with Crippen LogP contribution in [0.3, 0.4) is 0 Å². The lowest BCUT2D eigenvalue weighted by molar-refractivity contribution is 0.316. The summed E-state index contributed by atoms with van der Waals surface area (Å²) in [6, 6.07) is 5.33. The monoisotopic (exact) mass is 327 g/mol. The molecule has 106 valence electrons. The van der Waals surface area contributed by atoms with Gasteiger partial charge in [-0.15, -0.1) is 0 Å². The van der Waals surface area contributed by atoms with Gasteiger partial charge in [-0.25, -0.2) is 4.39 Å². The molecule has 2 rings (SSSR count). The van der Waals surface area contributed by atoms with Crippen molar-refractivity contribution in [2.24, 2.45) is 5.92 Å². The molecule has 0 radical (unpaired) electrons. The summed E-state index contributed by atoms with van der Waals surface area (Å²) in [7, 11) is 1.92. The molecule has 1 nitrogen and oxygen atoms in total. The molecular formula is C16H23BrFN. The standard InChI is InChI=1S/C16H23BrFN/c1-19-16(10-7-12-5-3-2-4-6-12)14-11-13(17)8-9-15(14)18/h8-9,11-12,16,19H,2-7,10H2,1H3. The van der Waals surface area contributed by atoms with E-state index in [1.54, 1.807) is 12.1 Å². The van der Waals surface area contributed by atoms with E-state index in [4.69, 9.17) is 0 Å². The molecule has 1 unspecified atom stereocenters. The first-order chi connectivity index (χ1) is 9.20. The summed E-state index contributed by atoms with van der Waals surface area (Å²) in [5, 5.41) is 3.27. The summed E-state index contributed by atoms with van der Waals surface area (Å²) in [5.41, 5.74) is 0.785. The Bertz CT molecular complexity index is 402. The Morgan fingerprint density at radius 2 is 2.05 bits per heavy atom. The molecule has 1 aliphatic rings. The molecule has 0 amide bonds. The number of hydrogen-bond donors (Lipinski definition) is 1. The predicted molar refractivity (Wildman–Crippen MR) is 81.7 cm³/mol. The summed E-state index contributed by atoms with van der Waals surface area (Å²) < 4.78 is 14.9. The minimum atomic E-state index is -0.105. The van der Waals surface area contributed by atoms with Crippen molar-refractivity contribution in [3.8, 4) is 0 Å². The van der Waals surface area contributed by atoms with Crippen molar-refractivity contribution >= 4 is 15.9 Å². The molecule has 1 fully saturated rings. The number of hydrogen-bond acceptors (Lipinski definition) is 1. The van der Waals surface area contributed by atoms with Crippen LogP contribution in [0.15, 0.2) is 22.7 Å². The molecule has 0 aliphatic heterocycles. The molecular weight excluding hydrogens is 305 g/mol. The van der Waals surface area contributed by atoms with Gasteiger partial charge in [0.05, 0.1) is 0 Å². The van der Waals surface area contributed by atoms with Gasteiger partial charge in [-0.05, 0) is 44.0 Å². The van der Waals surface area contributed by atoms with Gasteiger partial charge in [-0.2, -0.15) is 0 Å². The van der Waals surface area contributed by atoms with Crippen LogP contribution in [-0.4, -0.2) is 7.05 Å². The van der Waals surface area contributed by atoms with Gasteiger partial charge >= 0.3 is 0 Å². The second-order valence-electron chi connectivity index (χ2n) is 5.59. The van der Waals surface area contributed by atoms with Crippen LogP contribution in [0.4, 0.5) is 4.39 Å². The summed E-state index contributed by atoms with van der Waals surface area (Å²) in [6.07, 6.45) is 9.09. The molecule has 1 saturated carbocycles. The van der Waals surface area contributed by atoms with Gasteiger partial charge in [0.2, 0.25) is 0 Å². The van der Waals surface area contributed by atoms with E-state index in [2.05, 4.69) is 21.2 Å². The van der Waals surface area contributed by atoms with E-state index in [0.29, 0.717) is 0 Å². The topological polar surface area (TPSA) is 12.0 Å². The fourth-order valence-electron chi connectivity index (χ4n) is 3.12. The van der Waals surface area contributed by atoms with Crippen LogP contribution >= 0.6 is 15.9 Å². The highest BCUT2D eigenvalue weighted by Gasteiger charge is 2.18.